The number of piperazine rings is 1. The normalized spacial score (nSPS) is 31.6. The van der Waals surface area contributed by atoms with E-state index in [9.17, 15) is 14.7 Å². The van der Waals surface area contributed by atoms with Gasteiger partial charge < -0.3 is 20.2 Å². The second kappa shape index (κ2) is 7.70. The Bertz CT molecular complexity index is 759. The number of amides is 2. The molecule has 3 atom stereocenters. The van der Waals surface area contributed by atoms with Crippen LogP contribution in [-0.4, -0.2) is 89.1 Å². The van der Waals surface area contributed by atoms with E-state index >= 15 is 0 Å². The number of nitrogens with one attached hydrogen (secondary N) is 1. The van der Waals surface area contributed by atoms with Crippen LogP contribution >= 0.6 is 0 Å². The zero-order valence-corrected chi connectivity index (χ0v) is 16.7. The first-order chi connectivity index (χ1) is 14.1. The predicted octanol–water partition coefficient (Wildman–Crippen LogP) is 0.216. The first kappa shape index (κ1) is 19.0. The number of nitrogens with zero attached hydrogens (tertiary/aromatic N) is 3. The summed E-state index contributed by atoms with van der Waals surface area (Å²) in [7, 11) is 0. The van der Waals surface area contributed by atoms with E-state index in [2.05, 4.69) is 10.2 Å². The Morgan fingerprint density at radius 3 is 2.48 bits per heavy atom. The number of β-amino-alcohol motifs (C(OH)–C–C–N with tert-alkyl or cyclic N) is 1. The number of aliphatic hydroxyl groups is 1. The molecule has 1 aromatic carbocycles. The maximum Gasteiger partial charge on any atom is 0.237 e. The molecule has 7 nitrogen and oxygen atoms in total. The van der Waals surface area contributed by atoms with Crippen LogP contribution in [-0.2, 0) is 9.59 Å². The Morgan fingerprint density at radius 1 is 1.07 bits per heavy atom. The van der Waals surface area contributed by atoms with Crippen molar-refractivity contribution in [2.45, 2.75) is 43.5 Å². The fourth-order valence-corrected chi connectivity index (χ4v) is 5.68. The van der Waals surface area contributed by atoms with Crippen LogP contribution in [0, 0.1) is 5.92 Å². The third kappa shape index (κ3) is 3.45. The van der Waals surface area contributed by atoms with Crippen molar-refractivity contribution in [3.05, 3.63) is 35.9 Å². The molecule has 0 aromatic heterocycles. The topological polar surface area (TPSA) is 76.1 Å². The lowest BCUT2D eigenvalue weighted by Gasteiger charge is -2.45. The van der Waals surface area contributed by atoms with Gasteiger partial charge in [0.25, 0.3) is 0 Å². The summed E-state index contributed by atoms with van der Waals surface area (Å²) in [6.45, 7) is 4.19. The summed E-state index contributed by atoms with van der Waals surface area (Å²) in [6, 6.07) is 10.5. The highest BCUT2D eigenvalue weighted by molar-refractivity contribution is 5.85. The van der Waals surface area contributed by atoms with Gasteiger partial charge in [-0.1, -0.05) is 30.3 Å². The van der Waals surface area contributed by atoms with E-state index in [1.165, 1.54) is 0 Å². The van der Waals surface area contributed by atoms with Gasteiger partial charge in [-0.25, -0.2) is 0 Å². The molecule has 0 radical (unpaired) electrons. The number of hydrogen-bond acceptors (Lipinski definition) is 5. The Kier molecular flexibility index (Phi) is 5.05. The van der Waals surface area contributed by atoms with Crippen LogP contribution in [0.2, 0.25) is 0 Å². The van der Waals surface area contributed by atoms with Crippen molar-refractivity contribution < 1.29 is 14.7 Å². The van der Waals surface area contributed by atoms with Gasteiger partial charge in [-0.2, -0.15) is 0 Å². The lowest BCUT2D eigenvalue weighted by atomic mass is 9.90. The van der Waals surface area contributed by atoms with Gasteiger partial charge in [0.05, 0.1) is 24.6 Å². The number of aliphatic hydroxyl groups excluding tert-OH is 1. The molecule has 1 aromatic rings. The van der Waals surface area contributed by atoms with Crippen molar-refractivity contribution in [2.75, 3.05) is 39.3 Å². The summed E-state index contributed by atoms with van der Waals surface area (Å²) in [5.74, 6) is 0.122. The molecule has 0 saturated carbocycles. The van der Waals surface area contributed by atoms with E-state index in [1.54, 1.807) is 0 Å². The van der Waals surface area contributed by atoms with Gasteiger partial charge in [-0.05, 0) is 24.8 Å². The van der Waals surface area contributed by atoms with Gasteiger partial charge in [0, 0.05) is 44.8 Å². The second-order valence-corrected chi connectivity index (χ2v) is 8.95. The van der Waals surface area contributed by atoms with Crippen molar-refractivity contribution in [3.8, 4) is 0 Å². The molecule has 4 saturated heterocycles. The van der Waals surface area contributed by atoms with E-state index in [0.717, 1.165) is 57.5 Å². The third-order valence-corrected chi connectivity index (χ3v) is 7.19. The summed E-state index contributed by atoms with van der Waals surface area (Å²) in [4.78, 5) is 32.6. The molecule has 156 valence electrons. The van der Waals surface area contributed by atoms with Crippen LogP contribution in [0.5, 0.6) is 0 Å². The molecule has 0 unspecified atom stereocenters. The first-order valence-corrected chi connectivity index (χ1v) is 10.9. The molecular weight excluding hydrogens is 368 g/mol. The van der Waals surface area contributed by atoms with Gasteiger partial charge in [0.1, 0.15) is 0 Å². The maximum absolute atomic E-state index is 13.6. The fourth-order valence-electron chi connectivity index (χ4n) is 5.68. The highest BCUT2D eigenvalue weighted by Gasteiger charge is 2.50. The van der Waals surface area contributed by atoms with Crippen LogP contribution < -0.4 is 5.32 Å². The Balaban J connectivity index is 1.32. The molecule has 4 fully saturated rings. The molecule has 0 spiro atoms. The molecule has 2 amide bonds. The SMILES string of the molecule is O=C([C@@H]1C[C@@H]2CNCC(=O)N2[C@@H]1c1ccccc1)N1CCC(N2CC(O)C2)CC1. The van der Waals surface area contributed by atoms with Crippen molar-refractivity contribution in [3.63, 3.8) is 0 Å². The monoisotopic (exact) mass is 398 g/mol. The Labute approximate surface area is 171 Å². The highest BCUT2D eigenvalue weighted by Crippen LogP contribution is 2.43. The highest BCUT2D eigenvalue weighted by atomic mass is 16.3. The molecule has 5 rings (SSSR count). The second-order valence-electron chi connectivity index (χ2n) is 8.95. The zero-order valence-electron chi connectivity index (χ0n) is 16.7. The van der Waals surface area contributed by atoms with Crippen LogP contribution in [0.4, 0.5) is 0 Å². The van der Waals surface area contributed by atoms with E-state index < -0.39 is 0 Å². The van der Waals surface area contributed by atoms with Gasteiger partial charge in [0.15, 0.2) is 0 Å². The van der Waals surface area contributed by atoms with Gasteiger partial charge in [-0.15, -0.1) is 0 Å². The predicted molar refractivity (Wildman–Crippen MR) is 108 cm³/mol. The average molecular weight is 399 g/mol. The molecular formula is C22H30N4O3. The minimum Gasteiger partial charge on any atom is -0.390 e. The fraction of sp³-hybridized carbons (Fsp3) is 0.636. The number of carbonyl (C=O) groups is 2. The molecule has 0 bridgehead atoms. The number of carbonyl (C=O) groups excluding carboxylic acids is 2. The van der Waals surface area contributed by atoms with Gasteiger partial charge >= 0.3 is 0 Å². The summed E-state index contributed by atoms with van der Waals surface area (Å²) < 4.78 is 0. The van der Waals surface area contributed by atoms with E-state index in [1.807, 2.05) is 40.1 Å². The van der Waals surface area contributed by atoms with Crippen LogP contribution in [0.15, 0.2) is 30.3 Å². The lowest BCUT2D eigenvalue weighted by molar-refractivity contribution is -0.140. The van der Waals surface area contributed by atoms with Crippen LogP contribution in [0.3, 0.4) is 0 Å². The number of likely N-dealkylation sites (tertiary alicyclic amines) is 2. The molecule has 4 aliphatic heterocycles. The maximum atomic E-state index is 13.6. The van der Waals surface area contributed by atoms with E-state index in [4.69, 9.17) is 0 Å². The number of hydrogen-bond donors (Lipinski definition) is 2. The van der Waals surface area contributed by atoms with Crippen molar-refractivity contribution >= 4 is 11.8 Å². The quantitative estimate of drug-likeness (QED) is 0.762. The molecule has 7 heteroatoms. The largest absolute Gasteiger partial charge is 0.390 e. The number of piperidine rings is 1. The minimum atomic E-state index is -0.177. The van der Waals surface area contributed by atoms with E-state index in [0.29, 0.717) is 12.6 Å². The summed E-state index contributed by atoms with van der Waals surface area (Å²) in [5.41, 5.74) is 1.06. The lowest BCUT2D eigenvalue weighted by Crippen LogP contribution is -2.58. The van der Waals surface area contributed by atoms with Gasteiger partial charge in [0.2, 0.25) is 11.8 Å². The Morgan fingerprint density at radius 2 is 1.79 bits per heavy atom. The molecule has 0 aliphatic carbocycles. The third-order valence-electron chi connectivity index (χ3n) is 7.19. The summed E-state index contributed by atoms with van der Waals surface area (Å²) in [6.07, 6.45) is 2.49. The zero-order chi connectivity index (χ0) is 20.0. The summed E-state index contributed by atoms with van der Waals surface area (Å²) in [5, 5.41) is 12.8. The van der Waals surface area contributed by atoms with Crippen molar-refractivity contribution in [1.29, 1.82) is 0 Å². The molecule has 4 aliphatic rings. The van der Waals surface area contributed by atoms with Gasteiger partial charge in [-0.3, -0.25) is 14.5 Å². The molecule has 2 N–H and O–H groups in total. The van der Waals surface area contributed by atoms with Crippen molar-refractivity contribution in [1.82, 2.24) is 20.0 Å². The molecule has 4 heterocycles. The van der Waals surface area contributed by atoms with Crippen LogP contribution in [0.25, 0.3) is 0 Å². The average Bonchev–Trinajstić information content (AvgIpc) is 3.13. The standard InChI is InChI=1S/C22H30N4O3/c27-18-13-25(14-18)16-6-8-24(9-7-16)22(29)19-10-17-11-23-12-20(28)26(17)21(19)15-4-2-1-3-5-15/h1-5,16-19,21,23,27H,6-14H2/t17-,19-,21-/m1/s1. The number of rotatable bonds is 3. The summed E-state index contributed by atoms with van der Waals surface area (Å²) >= 11 is 0. The van der Waals surface area contributed by atoms with Crippen molar-refractivity contribution in [2.24, 2.45) is 5.92 Å². The van der Waals surface area contributed by atoms with Crippen LogP contribution in [0.1, 0.15) is 30.9 Å². The number of benzene rings is 1. The minimum absolute atomic E-state index is 0.0931. The number of fused-ring (bicyclic) bond motifs is 1. The first-order valence-electron chi connectivity index (χ1n) is 10.9. The molecule has 29 heavy (non-hydrogen) atoms. The smallest absolute Gasteiger partial charge is 0.237 e. The Hall–Kier alpha value is -1.96. The van der Waals surface area contributed by atoms with E-state index in [-0.39, 0.29) is 35.9 Å².